The third-order valence-corrected chi connectivity index (χ3v) is 4.73. The maximum Gasteiger partial charge on any atom is 0.303 e. The molecule has 0 saturated heterocycles. The zero-order chi connectivity index (χ0) is 15.9. The van der Waals surface area contributed by atoms with Crippen LogP contribution < -0.4 is 0 Å². The van der Waals surface area contributed by atoms with Crippen molar-refractivity contribution < 1.29 is 9.90 Å². The molecule has 1 aromatic carbocycles. The number of aryl methyl sites for hydroxylation is 3. The van der Waals surface area contributed by atoms with Crippen LogP contribution >= 0.6 is 0 Å². The topological polar surface area (TPSA) is 53.4 Å². The van der Waals surface area contributed by atoms with Crippen LogP contribution in [0.15, 0.2) is 12.1 Å². The average Bonchev–Trinajstić information content (AvgIpc) is 2.48. The molecule has 22 heavy (non-hydrogen) atoms. The Labute approximate surface area is 130 Å². The molecule has 0 atom stereocenters. The Hall–Kier alpha value is -1.94. The molecule has 0 unspecified atom stereocenters. The third-order valence-electron chi connectivity index (χ3n) is 4.73. The predicted octanol–water partition coefficient (Wildman–Crippen LogP) is 2.86. The Morgan fingerprint density at radius 2 is 2.14 bits per heavy atom. The van der Waals surface area contributed by atoms with Crippen LogP contribution in [-0.2, 0) is 24.2 Å². The van der Waals surface area contributed by atoms with E-state index < -0.39 is 5.97 Å². The Morgan fingerprint density at radius 3 is 2.86 bits per heavy atom. The third kappa shape index (κ3) is 2.59. The SMILES string of the molecule is Cc1ccc2c(CCC(=O)O)c3c(nc2c1C)CCN(C)C3. The smallest absolute Gasteiger partial charge is 0.303 e. The molecule has 116 valence electrons. The van der Waals surface area contributed by atoms with Crippen molar-refractivity contribution in [2.45, 2.75) is 39.7 Å². The van der Waals surface area contributed by atoms with E-state index in [0.29, 0.717) is 6.42 Å². The molecule has 2 aromatic rings. The van der Waals surface area contributed by atoms with Gasteiger partial charge in [-0.15, -0.1) is 0 Å². The van der Waals surface area contributed by atoms with Gasteiger partial charge in [0.15, 0.2) is 0 Å². The number of carboxylic acid groups (broad SMARTS) is 1. The van der Waals surface area contributed by atoms with Gasteiger partial charge in [-0.2, -0.15) is 0 Å². The van der Waals surface area contributed by atoms with Crippen molar-refractivity contribution in [2.24, 2.45) is 0 Å². The molecule has 4 nitrogen and oxygen atoms in total. The van der Waals surface area contributed by atoms with Gasteiger partial charge in [-0.05, 0) is 49.6 Å². The van der Waals surface area contributed by atoms with Crippen LogP contribution in [0.3, 0.4) is 0 Å². The fourth-order valence-electron chi connectivity index (χ4n) is 3.28. The number of fused-ring (bicyclic) bond motifs is 2. The van der Waals surface area contributed by atoms with Gasteiger partial charge >= 0.3 is 5.97 Å². The maximum absolute atomic E-state index is 11.0. The molecule has 0 bridgehead atoms. The number of hydrogen-bond acceptors (Lipinski definition) is 3. The van der Waals surface area contributed by atoms with Crippen LogP contribution in [0.5, 0.6) is 0 Å². The van der Waals surface area contributed by atoms with Gasteiger partial charge < -0.3 is 10.0 Å². The van der Waals surface area contributed by atoms with Gasteiger partial charge in [-0.1, -0.05) is 12.1 Å². The summed E-state index contributed by atoms with van der Waals surface area (Å²) in [5.41, 5.74) is 7.05. The first-order chi connectivity index (χ1) is 10.5. The molecule has 3 rings (SSSR count). The number of carbonyl (C=O) groups is 1. The summed E-state index contributed by atoms with van der Waals surface area (Å²) in [5.74, 6) is -0.744. The number of nitrogens with zero attached hydrogens (tertiary/aromatic N) is 2. The summed E-state index contributed by atoms with van der Waals surface area (Å²) in [6, 6.07) is 4.22. The molecule has 2 heterocycles. The van der Waals surface area contributed by atoms with E-state index in [1.165, 1.54) is 22.3 Å². The summed E-state index contributed by atoms with van der Waals surface area (Å²) in [5, 5.41) is 10.2. The lowest BCUT2D eigenvalue weighted by Gasteiger charge is -2.27. The number of carboxylic acids is 1. The Balaban J connectivity index is 2.24. The Bertz CT molecular complexity index is 753. The first-order valence-electron chi connectivity index (χ1n) is 7.78. The summed E-state index contributed by atoms with van der Waals surface area (Å²) in [7, 11) is 2.11. The van der Waals surface area contributed by atoms with Crippen molar-refractivity contribution in [3.63, 3.8) is 0 Å². The molecule has 1 aliphatic rings. The van der Waals surface area contributed by atoms with Crippen molar-refractivity contribution in [3.05, 3.63) is 40.1 Å². The largest absolute Gasteiger partial charge is 0.481 e. The van der Waals surface area contributed by atoms with E-state index in [-0.39, 0.29) is 6.42 Å². The van der Waals surface area contributed by atoms with E-state index in [0.717, 1.165) is 36.1 Å². The van der Waals surface area contributed by atoms with Crippen LogP contribution in [0.2, 0.25) is 0 Å². The van der Waals surface area contributed by atoms with E-state index in [1.54, 1.807) is 0 Å². The van der Waals surface area contributed by atoms with Crippen molar-refractivity contribution >= 4 is 16.9 Å². The molecule has 0 aliphatic carbocycles. The highest BCUT2D eigenvalue weighted by atomic mass is 16.4. The van der Waals surface area contributed by atoms with E-state index in [1.807, 2.05) is 0 Å². The van der Waals surface area contributed by atoms with Gasteiger partial charge in [0.05, 0.1) is 5.52 Å². The lowest BCUT2D eigenvalue weighted by molar-refractivity contribution is -0.136. The van der Waals surface area contributed by atoms with E-state index in [4.69, 9.17) is 10.1 Å². The molecule has 1 aromatic heterocycles. The lowest BCUT2D eigenvalue weighted by atomic mass is 9.91. The molecule has 0 saturated carbocycles. The maximum atomic E-state index is 11.0. The minimum absolute atomic E-state index is 0.169. The molecule has 0 amide bonds. The molecule has 0 radical (unpaired) electrons. The van der Waals surface area contributed by atoms with E-state index in [9.17, 15) is 4.79 Å². The number of aliphatic carboxylic acids is 1. The summed E-state index contributed by atoms with van der Waals surface area (Å²) < 4.78 is 0. The van der Waals surface area contributed by atoms with Crippen molar-refractivity contribution in [2.75, 3.05) is 13.6 Å². The minimum atomic E-state index is -0.744. The first kappa shape index (κ1) is 15.0. The van der Waals surface area contributed by atoms with Gasteiger partial charge in [-0.3, -0.25) is 9.78 Å². The van der Waals surface area contributed by atoms with Crippen LogP contribution in [0, 0.1) is 13.8 Å². The summed E-state index contributed by atoms with van der Waals surface area (Å²) in [6.45, 7) is 6.07. The average molecular weight is 298 g/mol. The van der Waals surface area contributed by atoms with Gasteiger partial charge in [0, 0.05) is 37.0 Å². The molecular weight excluding hydrogens is 276 g/mol. The highest BCUT2D eigenvalue weighted by molar-refractivity contribution is 5.87. The second kappa shape index (κ2) is 5.69. The first-order valence-corrected chi connectivity index (χ1v) is 7.78. The van der Waals surface area contributed by atoms with Crippen LogP contribution in [-0.4, -0.2) is 34.6 Å². The van der Waals surface area contributed by atoms with Gasteiger partial charge in [0.1, 0.15) is 0 Å². The van der Waals surface area contributed by atoms with Crippen LogP contribution in [0.1, 0.15) is 34.4 Å². The molecule has 0 spiro atoms. The van der Waals surface area contributed by atoms with Crippen LogP contribution in [0.4, 0.5) is 0 Å². The number of likely N-dealkylation sites (N-methyl/N-ethyl adjacent to an activating group) is 1. The van der Waals surface area contributed by atoms with Crippen molar-refractivity contribution in [1.82, 2.24) is 9.88 Å². The highest BCUT2D eigenvalue weighted by Crippen LogP contribution is 2.31. The fourth-order valence-corrected chi connectivity index (χ4v) is 3.28. The lowest BCUT2D eigenvalue weighted by Crippen LogP contribution is -2.28. The molecule has 1 aliphatic heterocycles. The Kier molecular flexibility index (Phi) is 3.87. The second-order valence-electron chi connectivity index (χ2n) is 6.30. The molecular formula is C18H22N2O2. The molecule has 4 heteroatoms. The molecule has 0 fully saturated rings. The predicted molar refractivity (Wildman–Crippen MR) is 87.2 cm³/mol. The number of pyridine rings is 1. The van der Waals surface area contributed by atoms with Crippen molar-refractivity contribution in [1.29, 1.82) is 0 Å². The summed E-state index contributed by atoms with van der Waals surface area (Å²) >= 11 is 0. The minimum Gasteiger partial charge on any atom is -0.481 e. The van der Waals surface area contributed by atoms with Gasteiger partial charge in [0.2, 0.25) is 0 Å². The summed E-state index contributed by atoms with van der Waals surface area (Å²) in [6.07, 6.45) is 1.68. The van der Waals surface area contributed by atoms with Gasteiger partial charge in [0.25, 0.3) is 0 Å². The van der Waals surface area contributed by atoms with Crippen molar-refractivity contribution in [3.8, 4) is 0 Å². The van der Waals surface area contributed by atoms with E-state index in [2.05, 4.69) is 37.9 Å². The summed E-state index contributed by atoms with van der Waals surface area (Å²) in [4.78, 5) is 18.2. The standard InChI is InChI=1S/C18H22N2O2/c1-11-4-5-14-13(6-7-17(21)22)15-10-20(3)9-8-16(15)19-18(14)12(11)2/h4-5H,6-10H2,1-3H3,(H,21,22). The number of benzene rings is 1. The monoisotopic (exact) mass is 298 g/mol. The fraction of sp³-hybridized carbons (Fsp3) is 0.444. The second-order valence-corrected chi connectivity index (χ2v) is 6.30. The number of hydrogen-bond donors (Lipinski definition) is 1. The van der Waals surface area contributed by atoms with Crippen LogP contribution in [0.25, 0.3) is 10.9 Å². The zero-order valence-electron chi connectivity index (χ0n) is 13.4. The van der Waals surface area contributed by atoms with E-state index >= 15 is 0 Å². The number of rotatable bonds is 3. The quantitative estimate of drug-likeness (QED) is 0.946. The van der Waals surface area contributed by atoms with Gasteiger partial charge in [-0.25, -0.2) is 0 Å². The molecule has 1 N–H and O–H groups in total. The Morgan fingerprint density at radius 1 is 1.36 bits per heavy atom. The number of aromatic nitrogens is 1. The normalized spacial score (nSPS) is 15.0. The highest BCUT2D eigenvalue weighted by Gasteiger charge is 2.21. The zero-order valence-corrected chi connectivity index (χ0v) is 13.4.